The Morgan fingerprint density at radius 3 is 3.11 bits per heavy atom. The number of carboxylic acid groups (broad SMARTS) is 1. The molecule has 2 atom stereocenters. The molecule has 1 aromatic rings. The van der Waals surface area contributed by atoms with Crippen LogP contribution in [0.5, 0.6) is 0 Å². The SMILES string of the molecule is CC1CCCC(OCc2ccnc(C(=O)O)c2)C1. The lowest BCUT2D eigenvalue weighted by atomic mass is 9.89. The van der Waals surface area contributed by atoms with E-state index in [-0.39, 0.29) is 5.69 Å². The average Bonchev–Trinajstić information content (AvgIpc) is 2.37. The molecule has 0 saturated heterocycles. The molecule has 0 spiro atoms. The number of hydrogen-bond donors (Lipinski definition) is 1. The van der Waals surface area contributed by atoms with E-state index in [0.717, 1.165) is 24.3 Å². The topological polar surface area (TPSA) is 59.4 Å². The third-order valence-electron chi connectivity index (χ3n) is 3.42. The number of pyridine rings is 1. The molecule has 1 aliphatic rings. The quantitative estimate of drug-likeness (QED) is 0.891. The van der Waals surface area contributed by atoms with E-state index in [4.69, 9.17) is 9.84 Å². The highest BCUT2D eigenvalue weighted by atomic mass is 16.5. The Balaban J connectivity index is 1.89. The van der Waals surface area contributed by atoms with E-state index in [1.165, 1.54) is 19.0 Å². The normalized spacial score (nSPS) is 23.8. The van der Waals surface area contributed by atoms with Crippen LogP contribution in [-0.2, 0) is 11.3 Å². The van der Waals surface area contributed by atoms with Crippen molar-refractivity contribution in [2.75, 3.05) is 0 Å². The molecule has 4 heteroatoms. The van der Waals surface area contributed by atoms with Crippen molar-refractivity contribution in [1.82, 2.24) is 4.98 Å². The first-order valence-corrected chi connectivity index (χ1v) is 6.45. The molecular weight excluding hydrogens is 230 g/mol. The van der Waals surface area contributed by atoms with Crippen LogP contribution in [0, 0.1) is 5.92 Å². The van der Waals surface area contributed by atoms with Gasteiger partial charge in [-0.05, 0) is 36.5 Å². The van der Waals surface area contributed by atoms with Crippen molar-refractivity contribution < 1.29 is 14.6 Å². The fourth-order valence-corrected chi connectivity index (χ4v) is 2.42. The highest BCUT2D eigenvalue weighted by Gasteiger charge is 2.19. The van der Waals surface area contributed by atoms with Crippen molar-refractivity contribution in [3.05, 3.63) is 29.6 Å². The summed E-state index contributed by atoms with van der Waals surface area (Å²) in [7, 11) is 0. The Kier molecular flexibility index (Phi) is 4.31. The zero-order valence-electron chi connectivity index (χ0n) is 10.6. The molecule has 2 rings (SSSR count). The summed E-state index contributed by atoms with van der Waals surface area (Å²) in [5.74, 6) is -0.265. The summed E-state index contributed by atoms with van der Waals surface area (Å²) in [6, 6.07) is 3.38. The van der Waals surface area contributed by atoms with Crippen LogP contribution >= 0.6 is 0 Å². The van der Waals surface area contributed by atoms with Gasteiger partial charge < -0.3 is 9.84 Å². The zero-order chi connectivity index (χ0) is 13.0. The van der Waals surface area contributed by atoms with Crippen LogP contribution in [0.15, 0.2) is 18.3 Å². The molecule has 1 aromatic heterocycles. The predicted octanol–water partition coefficient (Wildman–Crippen LogP) is 2.88. The summed E-state index contributed by atoms with van der Waals surface area (Å²) < 4.78 is 5.85. The molecule has 0 aliphatic heterocycles. The Bertz CT molecular complexity index is 419. The minimum absolute atomic E-state index is 0.0770. The van der Waals surface area contributed by atoms with Gasteiger partial charge in [0, 0.05) is 6.20 Å². The predicted molar refractivity (Wildman–Crippen MR) is 67.4 cm³/mol. The van der Waals surface area contributed by atoms with Gasteiger partial charge in [0.2, 0.25) is 0 Å². The van der Waals surface area contributed by atoms with Crippen LogP contribution in [-0.4, -0.2) is 22.2 Å². The van der Waals surface area contributed by atoms with Gasteiger partial charge in [0.05, 0.1) is 12.7 Å². The number of nitrogens with zero attached hydrogens (tertiary/aromatic N) is 1. The van der Waals surface area contributed by atoms with Gasteiger partial charge in [0.1, 0.15) is 5.69 Å². The Morgan fingerprint density at radius 1 is 1.56 bits per heavy atom. The summed E-state index contributed by atoms with van der Waals surface area (Å²) in [4.78, 5) is 14.6. The van der Waals surface area contributed by atoms with E-state index in [9.17, 15) is 4.79 Å². The lowest BCUT2D eigenvalue weighted by Gasteiger charge is -2.26. The largest absolute Gasteiger partial charge is 0.477 e. The lowest BCUT2D eigenvalue weighted by Crippen LogP contribution is -2.21. The summed E-state index contributed by atoms with van der Waals surface area (Å²) in [6.45, 7) is 2.73. The van der Waals surface area contributed by atoms with Gasteiger partial charge >= 0.3 is 5.97 Å². The summed E-state index contributed by atoms with van der Waals surface area (Å²) >= 11 is 0. The van der Waals surface area contributed by atoms with E-state index in [2.05, 4.69) is 11.9 Å². The molecule has 0 aromatic carbocycles. The highest BCUT2D eigenvalue weighted by Crippen LogP contribution is 2.26. The molecule has 0 radical (unpaired) electrons. The zero-order valence-corrected chi connectivity index (χ0v) is 10.6. The maximum atomic E-state index is 10.8. The van der Waals surface area contributed by atoms with E-state index in [1.54, 1.807) is 12.1 Å². The van der Waals surface area contributed by atoms with Gasteiger partial charge in [-0.15, -0.1) is 0 Å². The van der Waals surface area contributed by atoms with Crippen molar-refractivity contribution in [2.24, 2.45) is 5.92 Å². The molecule has 18 heavy (non-hydrogen) atoms. The molecule has 1 aliphatic carbocycles. The highest BCUT2D eigenvalue weighted by molar-refractivity contribution is 5.85. The number of aromatic carboxylic acids is 1. The second-order valence-corrected chi connectivity index (χ2v) is 5.06. The number of aromatic nitrogens is 1. The average molecular weight is 249 g/mol. The molecule has 1 N–H and O–H groups in total. The number of carbonyl (C=O) groups is 1. The Labute approximate surface area is 107 Å². The molecule has 98 valence electrons. The van der Waals surface area contributed by atoms with Crippen molar-refractivity contribution in [3.8, 4) is 0 Å². The first kappa shape index (κ1) is 13.0. The molecule has 4 nitrogen and oxygen atoms in total. The van der Waals surface area contributed by atoms with Gasteiger partial charge in [-0.25, -0.2) is 9.78 Å². The Hall–Kier alpha value is -1.42. The number of hydrogen-bond acceptors (Lipinski definition) is 3. The second-order valence-electron chi connectivity index (χ2n) is 5.06. The molecule has 0 bridgehead atoms. The first-order chi connectivity index (χ1) is 8.65. The molecule has 1 fully saturated rings. The third-order valence-corrected chi connectivity index (χ3v) is 3.42. The van der Waals surface area contributed by atoms with Crippen LogP contribution in [0.4, 0.5) is 0 Å². The van der Waals surface area contributed by atoms with Crippen LogP contribution < -0.4 is 0 Å². The molecule has 1 heterocycles. The van der Waals surface area contributed by atoms with Crippen molar-refractivity contribution >= 4 is 5.97 Å². The fraction of sp³-hybridized carbons (Fsp3) is 0.571. The van der Waals surface area contributed by atoms with Crippen molar-refractivity contribution in [3.63, 3.8) is 0 Å². The smallest absolute Gasteiger partial charge is 0.354 e. The van der Waals surface area contributed by atoms with Gasteiger partial charge in [0.15, 0.2) is 0 Å². The number of ether oxygens (including phenoxy) is 1. The maximum absolute atomic E-state index is 10.8. The number of carboxylic acids is 1. The standard InChI is InChI=1S/C14H19NO3/c1-10-3-2-4-12(7-10)18-9-11-5-6-15-13(8-11)14(16)17/h5-6,8,10,12H,2-4,7,9H2,1H3,(H,16,17). The van der Waals surface area contributed by atoms with Gasteiger partial charge in [-0.1, -0.05) is 19.8 Å². The van der Waals surface area contributed by atoms with E-state index in [1.807, 2.05) is 0 Å². The van der Waals surface area contributed by atoms with E-state index >= 15 is 0 Å². The third kappa shape index (κ3) is 3.53. The minimum atomic E-state index is -0.997. The summed E-state index contributed by atoms with van der Waals surface area (Å²) in [6.07, 6.45) is 6.57. The summed E-state index contributed by atoms with van der Waals surface area (Å²) in [5.41, 5.74) is 0.953. The minimum Gasteiger partial charge on any atom is -0.477 e. The number of rotatable bonds is 4. The molecular formula is C14H19NO3. The van der Waals surface area contributed by atoms with Crippen LogP contribution in [0.25, 0.3) is 0 Å². The molecule has 0 amide bonds. The van der Waals surface area contributed by atoms with Crippen LogP contribution in [0.2, 0.25) is 0 Å². The second kappa shape index (κ2) is 5.96. The summed E-state index contributed by atoms with van der Waals surface area (Å²) in [5, 5.41) is 8.86. The first-order valence-electron chi connectivity index (χ1n) is 6.45. The fourth-order valence-electron chi connectivity index (χ4n) is 2.42. The van der Waals surface area contributed by atoms with E-state index in [0.29, 0.717) is 12.7 Å². The van der Waals surface area contributed by atoms with Gasteiger partial charge in [-0.3, -0.25) is 0 Å². The van der Waals surface area contributed by atoms with Crippen molar-refractivity contribution in [1.29, 1.82) is 0 Å². The van der Waals surface area contributed by atoms with Gasteiger partial charge in [0.25, 0.3) is 0 Å². The monoisotopic (exact) mass is 249 g/mol. The molecule has 1 saturated carbocycles. The lowest BCUT2D eigenvalue weighted by molar-refractivity contribution is 0.00461. The van der Waals surface area contributed by atoms with Crippen LogP contribution in [0.3, 0.4) is 0 Å². The molecule has 2 unspecified atom stereocenters. The maximum Gasteiger partial charge on any atom is 0.354 e. The van der Waals surface area contributed by atoms with Crippen LogP contribution in [0.1, 0.15) is 48.7 Å². The Morgan fingerprint density at radius 2 is 2.39 bits per heavy atom. The van der Waals surface area contributed by atoms with Crippen molar-refractivity contribution in [2.45, 2.75) is 45.3 Å². The van der Waals surface area contributed by atoms with Gasteiger partial charge in [-0.2, -0.15) is 0 Å². The van der Waals surface area contributed by atoms with E-state index < -0.39 is 5.97 Å².